The Morgan fingerprint density at radius 2 is 1.73 bits per heavy atom. The van der Waals surface area contributed by atoms with E-state index in [-0.39, 0.29) is 24.4 Å². The number of methoxy groups -OCH3 is 2. The number of amides is 2. The Balaban J connectivity index is 1.64. The second kappa shape index (κ2) is 12.2. The maximum Gasteiger partial charge on any atom is 0.249 e. The van der Waals surface area contributed by atoms with E-state index in [1.165, 1.54) is 6.42 Å². The van der Waals surface area contributed by atoms with Crippen molar-refractivity contribution in [2.24, 2.45) is 0 Å². The van der Waals surface area contributed by atoms with Crippen molar-refractivity contribution >= 4 is 28.5 Å². The number of nitrogens with zero attached hydrogens (tertiary/aromatic N) is 4. The van der Waals surface area contributed by atoms with Crippen LogP contribution in [0.25, 0.3) is 11.0 Å². The summed E-state index contributed by atoms with van der Waals surface area (Å²) < 4.78 is 12.9. The predicted octanol–water partition coefficient (Wildman–Crippen LogP) is 4.98. The maximum absolute atomic E-state index is 14.4. The average molecular weight is 542 g/mol. The van der Waals surface area contributed by atoms with Gasteiger partial charge in [0, 0.05) is 17.3 Å². The molecule has 1 atom stereocenters. The van der Waals surface area contributed by atoms with Crippen molar-refractivity contribution in [2.45, 2.75) is 57.7 Å². The van der Waals surface area contributed by atoms with Crippen LogP contribution in [0.1, 0.15) is 49.3 Å². The Kier molecular flexibility index (Phi) is 8.28. The van der Waals surface area contributed by atoms with Crippen molar-refractivity contribution in [2.75, 3.05) is 19.1 Å². The summed E-state index contributed by atoms with van der Waals surface area (Å²) >= 11 is 0. The van der Waals surface area contributed by atoms with Gasteiger partial charge in [-0.1, -0.05) is 66.9 Å². The summed E-state index contributed by atoms with van der Waals surface area (Å²) in [6, 6.07) is 19.5. The van der Waals surface area contributed by atoms with Crippen LogP contribution in [-0.2, 0) is 16.1 Å². The molecule has 5 rings (SSSR count). The molecule has 2 amide bonds. The minimum atomic E-state index is -1.02. The van der Waals surface area contributed by atoms with Gasteiger partial charge in [-0.3, -0.25) is 14.5 Å². The Bertz CT molecular complexity index is 1490. The van der Waals surface area contributed by atoms with Crippen molar-refractivity contribution in [1.29, 1.82) is 0 Å². The van der Waals surface area contributed by atoms with Gasteiger partial charge in [0.15, 0.2) is 11.5 Å². The van der Waals surface area contributed by atoms with Crippen LogP contribution >= 0.6 is 0 Å². The number of anilines is 1. The first-order chi connectivity index (χ1) is 19.5. The van der Waals surface area contributed by atoms with Crippen LogP contribution in [0.2, 0.25) is 0 Å². The number of benzene rings is 3. The standard InChI is InChI=1S/C31H35N5O4/c1-21-12-7-9-17-25(21)36(28(37)20-35-26-18-10-8-16-24(26)33-34-35)29(31(38)32-22-13-5-4-6-14-22)23-15-11-19-27(39-2)30(23)40-3/h7-12,15-19,22,29H,4-6,13-14,20H2,1-3H3,(H,32,38)/t29-/m1/s1. The topological polar surface area (TPSA) is 98.6 Å². The Hall–Kier alpha value is -4.40. The monoisotopic (exact) mass is 541 g/mol. The molecular weight excluding hydrogens is 506 g/mol. The average Bonchev–Trinajstić information content (AvgIpc) is 3.39. The third-order valence-corrected chi connectivity index (χ3v) is 7.54. The van der Waals surface area contributed by atoms with E-state index in [1.54, 1.807) is 29.9 Å². The normalized spacial score (nSPS) is 14.5. The largest absolute Gasteiger partial charge is 0.493 e. The van der Waals surface area contributed by atoms with Crippen LogP contribution in [0.4, 0.5) is 5.69 Å². The fourth-order valence-corrected chi connectivity index (χ4v) is 5.54. The van der Waals surface area contributed by atoms with Crippen LogP contribution < -0.4 is 19.7 Å². The molecule has 9 nitrogen and oxygen atoms in total. The Morgan fingerprint density at radius 1 is 0.975 bits per heavy atom. The van der Waals surface area contributed by atoms with E-state index < -0.39 is 6.04 Å². The Labute approximate surface area is 234 Å². The van der Waals surface area contributed by atoms with Gasteiger partial charge in [-0.2, -0.15) is 0 Å². The van der Waals surface area contributed by atoms with Gasteiger partial charge < -0.3 is 14.8 Å². The van der Waals surface area contributed by atoms with E-state index in [9.17, 15) is 9.59 Å². The van der Waals surface area contributed by atoms with Crippen molar-refractivity contribution in [1.82, 2.24) is 20.3 Å². The van der Waals surface area contributed by atoms with E-state index in [4.69, 9.17) is 9.47 Å². The second-order valence-electron chi connectivity index (χ2n) is 10.1. The number of rotatable bonds is 9. The van der Waals surface area contributed by atoms with Crippen LogP contribution in [0.3, 0.4) is 0 Å². The van der Waals surface area contributed by atoms with E-state index in [2.05, 4.69) is 15.6 Å². The number of carbonyl (C=O) groups excluding carboxylic acids is 2. The number of para-hydroxylation sites is 3. The van der Waals surface area contributed by atoms with E-state index >= 15 is 0 Å². The molecule has 1 aromatic heterocycles. The molecule has 0 aliphatic heterocycles. The lowest BCUT2D eigenvalue weighted by molar-refractivity contribution is -0.127. The van der Waals surface area contributed by atoms with Crippen LogP contribution in [0.15, 0.2) is 66.7 Å². The van der Waals surface area contributed by atoms with Crippen molar-refractivity contribution < 1.29 is 19.1 Å². The summed E-state index contributed by atoms with van der Waals surface area (Å²) in [6.07, 6.45) is 5.13. The third-order valence-electron chi connectivity index (χ3n) is 7.54. The van der Waals surface area contributed by atoms with Gasteiger partial charge in [0.05, 0.1) is 19.7 Å². The van der Waals surface area contributed by atoms with Gasteiger partial charge in [-0.05, 0) is 49.6 Å². The van der Waals surface area contributed by atoms with Gasteiger partial charge in [-0.25, -0.2) is 4.68 Å². The highest BCUT2D eigenvalue weighted by Crippen LogP contribution is 2.40. The molecule has 0 saturated heterocycles. The number of ether oxygens (including phenoxy) is 2. The molecule has 1 N–H and O–H groups in total. The van der Waals surface area contributed by atoms with Crippen molar-refractivity contribution in [3.63, 3.8) is 0 Å². The fraction of sp³-hybridized carbons (Fsp3) is 0.355. The van der Waals surface area contributed by atoms with Gasteiger partial charge in [0.25, 0.3) is 0 Å². The molecule has 0 spiro atoms. The summed E-state index contributed by atoms with van der Waals surface area (Å²) in [4.78, 5) is 30.2. The molecule has 3 aromatic carbocycles. The molecule has 9 heteroatoms. The molecule has 4 aromatic rings. The minimum Gasteiger partial charge on any atom is -0.493 e. The first kappa shape index (κ1) is 27.2. The van der Waals surface area contributed by atoms with E-state index in [0.717, 1.165) is 36.8 Å². The number of carbonyl (C=O) groups is 2. The van der Waals surface area contributed by atoms with Crippen LogP contribution in [-0.4, -0.2) is 47.1 Å². The molecule has 40 heavy (non-hydrogen) atoms. The second-order valence-corrected chi connectivity index (χ2v) is 10.1. The number of nitrogens with one attached hydrogen (secondary N) is 1. The molecule has 0 bridgehead atoms. The fourth-order valence-electron chi connectivity index (χ4n) is 5.54. The summed E-state index contributed by atoms with van der Waals surface area (Å²) in [5.41, 5.74) is 3.46. The SMILES string of the molecule is COc1cccc([C@H](C(=O)NC2CCCCC2)N(C(=O)Cn2nnc3ccccc32)c2ccccc2C)c1OC. The van der Waals surface area contributed by atoms with E-state index in [1.807, 2.05) is 67.6 Å². The predicted molar refractivity (Wildman–Crippen MR) is 153 cm³/mol. The summed E-state index contributed by atoms with van der Waals surface area (Å²) in [5, 5.41) is 11.7. The molecule has 208 valence electrons. The lowest BCUT2D eigenvalue weighted by Gasteiger charge is -2.35. The molecule has 1 heterocycles. The molecule has 1 aliphatic carbocycles. The molecular formula is C31H35N5O4. The molecule has 1 aliphatic rings. The van der Waals surface area contributed by atoms with Crippen LogP contribution in [0.5, 0.6) is 11.5 Å². The maximum atomic E-state index is 14.4. The lowest BCUT2D eigenvalue weighted by Crippen LogP contribution is -2.48. The van der Waals surface area contributed by atoms with Gasteiger partial charge in [0.2, 0.25) is 11.8 Å². The van der Waals surface area contributed by atoms with E-state index in [0.29, 0.717) is 28.3 Å². The van der Waals surface area contributed by atoms with Crippen molar-refractivity contribution in [3.8, 4) is 11.5 Å². The number of fused-ring (bicyclic) bond motifs is 1. The Morgan fingerprint density at radius 3 is 2.48 bits per heavy atom. The number of hydrogen-bond acceptors (Lipinski definition) is 6. The molecule has 1 fully saturated rings. The first-order valence-electron chi connectivity index (χ1n) is 13.7. The highest BCUT2D eigenvalue weighted by atomic mass is 16.5. The smallest absolute Gasteiger partial charge is 0.249 e. The number of hydrogen-bond donors (Lipinski definition) is 1. The zero-order valence-electron chi connectivity index (χ0n) is 23.2. The quantitative estimate of drug-likeness (QED) is 0.321. The third kappa shape index (κ3) is 5.50. The molecule has 0 radical (unpaired) electrons. The summed E-state index contributed by atoms with van der Waals surface area (Å²) in [5.74, 6) is 0.318. The zero-order valence-corrected chi connectivity index (χ0v) is 23.2. The first-order valence-corrected chi connectivity index (χ1v) is 13.7. The molecule has 1 saturated carbocycles. The van der Waals surface area contributed by atoms with Gasteiger partial charge in [0.1, 0.15) is 18.1 Å². The van der Waals surface area contributed by atoms with Crippen molar-refractivity contribution in [3.05, 3.63) is 77.9 Å². The summed E-state index contributed by atoms with van der Waals surface area (Å²) in [6.45, 7) is 1.83. The van der Waals surface area contributed by atoms with Crippen LogP contribution in [0, 0.1) is 6.92 Å². The summed E-state index contributed by atoms with van der Waals surface area (Å²) in [7, 11) is 3.09. The van der Waals surface area contributed by atoms with Gasteiger partial charge in [-0.15, -0.1) is 5.10 Å². The highest BCUT2D eigenvalue weighted by Gasteiger charge is 2.37. The highest BCUT2D eigenvalue weighted by molar-refractivity contribution is 6.02. The minimum absolute atomic E-state index is 0.0495. The zero-order chi connectivity index (χ0) is 28.1. The lowest BCUT2D eigenvalue weighted by atomic mass is 9.94. The number of aromatic nitrogens is 3. The number of aryl methyl sites for hydroxylation is 1. The van der Waals surface area contributed by atoms with Gasteiger partial charge >= 0.3 is 0 Å². The molecule has 0 unspecified atom stereocenters.